The summed E-state index contributed by atoms with van der Waals surface area (Å²) in [4.78, 5) is 0. The fraction of sp³-hybridized carbons (Fsp3) is 0.273. The fourth-order valence-corrected chi connectivity index (χ4v) is 1.51. The van der Waals surface area contributed by atoms with Crippen molar-refractivity contribution in [1.29, 1.82) is 0 Å². The van der Waals surface area contributed by atoms with E-state index in [4.69, 9.17) is 4.74 Å². The van der Waals surface area contributed by atoms with Gasteiger partial charge in [-0.05, 0) is 18.2 Å². The Hall–Kier alpha value is -0.460. The average Bonchev–Trinajstić information content (AvgIpc) is 2.20. The highest BCUT2D eigenvalue weighted by Crippen LogP contribution is 2.22. The summed E-state index contributed by atoms with van der Waals surface area (Å²) >= 11 is 6.71. The Morgan fingerprint density at radius 3 is 2.86 bits per heavy atom. The maximum Gasteiger partial charge on any atom is 0.135 e. The first-order chi connectivity index (χ1) is 6.77. The maximum absolute atomic E-state index is 5.21. The number of methoxy groups -OCH3 is 1. The molecule has 74 valence electrons. The van der Waals surface area contributed by atoms with Gasteiger partial charge in [0.15, 0.2) is 0 Å². The van der Waals surface area contributed by atoms with Gasteiger partial charge in [0.05, 0.1) is 12.7 Å². The second-order valence-corrected chi connectivity index (χ2v) is 4.29. The monoisotopic (exact) mass is 316 g/mol. The zero-order chi connectivity index (χ0) is 10.4. The molecule has 0 fully saturated rings. The van der Waals surface area contributed by atoms with Crippen LogP contribution in [0.5, 0.6) is 5.75 Å². The van der Waals surface area contributed by atoms with Crippen molar-refractivity contribution in [1.82, 2.24) is 0 Å². The lowest BCUT2D eigenvalue weighted by molar-refractivity contribution is 0.413. The molecular formula is C11H10Br2O. The molecule has 0 saturated heterocycles. The van der Waals surface area contributed by atoms with Gasteiger partial charge in [-0.25, -0.2) is 0 Å². The minimum absolute atomic E-state index is 0.807. The summed E-state index contributed by atoms with van der Waals surface area (Å²) in [6, 6.07) is 5.82. The summed E-state index contributed by atoms with van der Waals surface area (Å²) < 4.78 is 6.21. The van der Waals surface area contributed by atoms with Crippen LogP contribution in [0.15, 0.2) is 22.7 Å². The van der Waals surface area contributed by atoms with Crippen LogP contribution in [0.1, 0.15) is 12.0 Å². The minimum Gasteiger partial charge on any atom is -0.495 e. The predicted molar refractivity (Wildman–Crippen MR) is 66.0 cm³/mol. The molecule has 1 aromatic rings. The Morgan fingerprint density at radius 2 is 2.21 bits per heavy atom. The molecule has 0 amide bonds. The van der Waals surface area contributed by atoms with Crippen molar-refractivity contribution in [3.63, 3.8) is 0 Å². The van der Waals surface area contributed by atoms with Crippen LogP contribution in [-0.2, 0) is 0 Å². The van der Waals surface area contributed by atoms with Crippen LogP contribution in [0, 0.1) is 11.8 Å². The molecule has 14 heavy (non-hydrogen) atoms. The zero-order valence-electron chi connectivity index (χ0n) is 7.81. The van der Waals surface area contributed by atoms with E-state index in [1.807, 2.05) is 18.2 Å². The number of hydrogen-bond acceptors (Lipinski definition) is 1. The normalized spacial score (nSPS) is 9.07. The van der Waals surface area contributed by atoms with Crippen LogP contribution >= 0.6 is 31.9 Å². The van der Waals surface area contributed by atoms with Gasteiger partial charge in [0.1, 0.15) is 5.75 Å². The number of hydrogen-bond donors (Lipinski definition) is 0. The molecule has 3 heteroatoms. The lowest BCUT2D eigenvalue weighted by Crippen LogP contribution is -1.87. The highest BCUT2D eigenvalue weighted by Gasteiger charge is 1.99. The van der Waals surface area contributed by atoms with E-state index in [9.17, 15) is 0 Å². The number of benzene rings is 1. The lowest BCUT2D eigenvalue weighted by Gasteiger charge is -2.02. The van der Waals surface area contributed by atoms with Crippen molar-refractivity contribution in [2.75, 3.05) is 12.4 Å². The standard InChI is InChI=1S/C11H10Br2O/c1-14-11-8-10(13)6-5-9(11)4-2-3-7-12/h5-6,8H,3,7H2,1H3. The summed E-state index contributed by atoms with van der Waals surface area (Å²) in [5, 5.41) is 0.902. The molecule has 0 spiro atoms. The molecule has 1 rings (SSSR count). The topological polar surface area (TPSA) is 9.23 Å². The third-order valence-corrected chi connectivity index (χ3v) is 2.50. The molecule has 0 bridgehead atoms. The summed E-state index contributed by atoms with van der Waals surface area (Å²) in [5.74, 6) is 6.93. The second kappa shape index (κ2) is 6.10. The smallest absolute Gasteiger partial charge is 0.135 e. The zero-order valence-corrected chi connectivity index (χ0v) is 11.0. The Kier molecular flexibility index (Phi) is 5.06. The van der Waals surface area contributed by atoms with E-state index in [1.165, 1.54) is 0 Å². The van der Waals surface area contributed by atoms with Crippen molar-refractivity contribution in [3.8, 4) is 17.6 Å². The molecule has 0 N–H and O–H groups in total. The summed E-state index contributed by atoms with van der Waals surface area (Å²) in [7, 11) is 1.65. The molecule has 0 saturated carbocycles. The minimum atomic E-state index is 0.807. The molecule has 0 radical (unpaired) electrons. The third kappa shape index (κ3) is 3.36. The van der Waals surface area contributed by atoms with E-state index in [2.05, 4.69) is 43.7 Å². The van der Waals surface area contributed by atoms with E-state index in [0.717, 1.165) is 27.5 Å². The highest BCUT2D eigenvalue weighted by atomic mass is 79.9. The summed E-state index contributed by atoms with van der Waals surface area (Å²) in [6.45, 7) is 0. The first kappa shape index (κ1) is 11.6. The highest BCUT2D eigenvalue weighted by molar-refractivity contribution is 9.10. The van der Waals surface area contributed by atoms with Crippen LogP contribution in [0.25, 0.3) is 0 Å². The fourth-order valence-electron chi connectivity index (χ4n) is 0.973. The number of halogens is 2. The van der Waals surface area contributed by atoms with Crippen molar-refractivity contribution >= 4 is 31.9 Å². The van der Waals surface area contributed by atoms with Gasteiger partial charge >= 0.3 is 0 Å². The van der Waals surface area contributed by atoms with Crippen molar-refractivity contribution in [2.45, 2.75) is 6.42 Å². The third-order valence-electron chi connectivity index (χ3n) is 1.61. The van der Waals surface area contributed by atoms with E-state index in [0.29, 0.717) is 0 Å². The van der Waals surface area contributed by atoms with Crippen molar-refractivity contribution < 1.29 is 4.74 Å². The number of alkyl halides is 1. The van der Waals surface area contributed by atoms with E-state index >= 15 is 0 Å². The molecule has 0 heterocycles. The van der Waals surface area contributed by atoms with E-state index in [-0.39, 0.29) is 0 Å². The van der Waals surface area contributed by atoms with Gasteiger partial charge in [-0.2, -0.15) is 0 Å². The molecule has 1 nitrogen and oxygen atoms in total. The van der Waals surface area contributed by atoms with Gasteiger partial charge in [0.25, 0.3) is 0 Å². The Labute approximate surface area is 101 Å². The second-order valence-electron chi connectivity index (χ2n) is 2.59. The first-order valence-corrected chi connectivity index (χ1v) is 6.07. The molecular weight excluding hydrogens is 308 g/mol. The lowest BCUT2D eigenvalue weighted by atomic mass is 10.2. The molecule has 1 aromatic carbocycles. The molecule has 0 atom stereocenters. The van der Waals surface area contributed by atoms with Crippen molar-refractivity contribution in [2.24, 2.45) is 0 Å². The molecule has 0 aromatic heterocycles. The Balaban J connectivity index is 2.92. The summed E-state index contributed by atoms with van der Waals surface area (Å²) in [5.41, 5.74) is 0.927. The van der Waals surface area contributed by atoms with Crippen LogP contribution in [0.3, 0.4) is 0 Å². The quantitative estimate of drug-likeness (QED) is 0.598. The predicted octanol–water partition coefficient (Wildman–Crippen LogP) is 3.59. The Bertz CT molecular complexity index is 363. The Morgan fingerprint density at radius 1 is 1.43 bits per heavy atom. The van der Waals surface area contributed by atoms with Crippen LogP contribution in [0.4, 0.5) is 0 Å². The number of rotatable bonds is 2. The summed E-state index contributed by atoms with van der Waals surface area (Å²) in [6.07, 6.45) is 0.846. The van der Waals surface area contributed by atoms with E-state index in [1.54, 1.807) is 7.11 Å². The van der Waals surface area contributed by atoms with Gasteiger partial charge in [-0.3, -0.25) is 0 Å². The van der Waals surface area contributed by atoms with Gasteiger partial charge in [0, 0.05) is 16.2 Å². The average molecular weight is 318 g/mol. The molecule has 0 aliphatic rings. The molecule has 0 aliphatic carbocycles. The number of ether oxygens (including phenoxy) is 1. The van der Waals surface area contributed by atoms with Gasteiger partial charge in [-0.15, -0.1) is 0 Å². The van der Waals surface area contributed by atoms with E-state index < -0.39 is 0 Å². The first-order valence-electron chi connectivity index (χ1n) is 4.16. The van der Waals surface area contributed by atoms with Crippen LogP contribution in [-0.4, -0.2) is 12.4 Å². The van der Waals surface area contributed by atoms with Crippen molar-refractivity contribution in [3.05, 3.63) is 28.2 Å². The van der Waals surface area contributed by atoms with Gasteiger partial charge < -0.3 is 4.74 Å². The molecule has 0 aliphatic heterocycles. The van der Waals surface area contributed by atoms with Crippen LogP contribution in [0.2, 0.25) is 0 Å². The van der Waals surface area contributed by atoms with Gasteiger partial charge in [0.2, 0.25) is 0 Å². The van der Waals surface area contributed by atoms with Crippen LogP contribution < -0.4 is 4.74 Å². The van der Waals surface area contributed by atoms with Gasteiger partial charge in [-0.1, -0.05) is 43.7 Å². The molecule has 0 unspecified atom stereocenters. The SMILES string of the molecule is COc1cc(Br)ccc1C#CCCBr. The largest absolute Gasteiger partial charge is 0.495 e. The maximum atomic E-state index is 5.21.